The van der Waals surface area contributed by atoms with Gasteiger partial charge in [0, 0.05) is 18.6 Å². The Balaban J connectivity index is 2.24. The van der Waals surface area contributed by atoms with E-state index in [1.54, 1.807) is 12.1 Å². The third-order valence-corrected chi connectivity index (χ3v) is 4.83. The minimum absolute atomic E-state index is 0.0532. The first-order valence-electron chi connectivity index (χ1n) is 7.78. The van der Waals surface area contributed by atoms with E-state index in [1.165, 1.54) is 12.5 Å². The zero-order chi connectivity index (χ0) is 14.7. The van der Waals surface area contributed by atoms with Crippen LogP contribution in [0.25, 0.3) is 0 Å². The van der Waals surface area contributed by atoms with E-state index in [0.717, 1.165) is 31.0 Å². The standard InChI is InChI=1S/C17H27FN2/c1-4-16(19)17(14-6-5-7-15(18)10-14)20-9-8-12(2)13(3)11-20/h5-7,10,12-13,16-17H,4,8-9,11,19H2,1-3H3. The summed E-state index contributed by atoms with van der Waals surface area (Å²) in [7, 11) is 0. The van der Waals surface area contributed by atoms with Crippen molar-refractivity contribution in [1.29, 1.82) is 0 Å². The number of nitrogens with zero attached hydrogens (tertiary/aromatic N) is 1. The first-order valence-corrected chi connectivity index (χ1v) is 7.78. The monoisotopic (exact) mass is 278 g/mol. The molecule has 1 aliphatic heterocycles. The molecule has 2 rings (SSSR count). The van der Waals surface area contributed by atoms with Crippen molar-refractivity contribution in [2.75, 3.05) is 13.1 Å². The van der Waals surface area contributed by atoms with Crippen molar-refractivity contribution in [3.05, 3.63) is 35.6 Å². The van der Waals surface area contributed by atoms with Crippen LogP contribution in [-0.4, -0.2) is 24.0 Å². The van der Waals surface area contributed by atoms with Gasteiger partial charge in [0.1, 0.15) is 5.82 Å². The minimum atomic E-state index is -0.172. The van der Waals surface area contributed by atoms with Gasteiger partial charge in [0.05, 0.1) is 0 Å². The average Bonchev–Trinajstić information content (AvgIpc) is 2.43. The van der Waals surface area contributed by atoms with Crippen LogP contribution >= 0.6 is 0 Å². The number of hydrogen-bond donors (Lipinski definition) is 1. The highest BCUT2D eigenvalue weighted by atomic mass is 19.1. The molecule has 2 N–H and O–H groups in total. The van der Waals surface area contributed by atoms with Crippen molar-refractivity contribution in [3.63, 3.8) is 0 Å². The van der Waals surface area contributed by atoms with Crippen molar-refractivity contribution < 1.29 is 4.39 Å². The van der Waals surface area contributed by atoms with Crippen LogP contribution in [0, 0.1) is 17.7 Å². The van der Waals surface area contributed by atoms with E-state index in [4.69, 9.17) is 5.73 Å². The highest BCUT2D eigenvalue weighted by Gasteiger charge is 2.31. The average molecular weight is 278 g/mol. The largest absolute Gasteiger partial charge is 0.326 e. The molecule has 1 fully saturated rings. The van der Waals surface area contributed by atoms with Gasteiger partial charge in [-0.3, -0.25) is 4.90 Å². The summed E-state index contributed by atoms with van der Waals surface area (Å²) < 4.78 is 13.5. The van der Waals surface area contributed by atoms with E-state index < -0.39 is 0 Å². The molecule has 1 aromatic rings. The molecule has 20 heavy (non-hydrogen) atoms. The first kappa shape index (κ1) is 15.5. The van der Waals surface area contributed by atoms with Crippen molar-refractivity contribution in [2.45, 2.75) is 45.7 Å². The fourth-order valence-electron chi connectivity index (χ4n) is 3.19. The van der Waals surface area contributed by atoms with Crippen LogP contribution in [-0.2, 0) is 0 Å². The number of rotatable bonds is 4. The molecule has 1 aromatic carbocycles. The lowest BCUT2D eigenvalue weighted by Gasteiger charge is -2.42. The molecular formula is C17H27FN2. The van der Waals surface area contributed by atoms with Gasteiger partial charge in [-0.2, -0.15) is 0 Å². The van der Waals surface area contributed by atoms with Gasteiger partial charge in [0.15, 0.2) is 0 Å². The maximum atomic E-state index is 13.5. The number of benzene rings is 1. The van der Waals surface area contributed by atoms with Gasteiger partial charge in [-0.15, -0.1) is 0 Å². The van der Waals surface area contributed by atoms with Crippen LogP contribution in [0.4, 0.5) is 4.39 Å². The molecule has 1 saturated heterocycles. The smallest absolute Gasteiger partial charge is 0.123 e. The maximum Gasteiger partial charge on any atom is 0.123 e. The molecule has 2 nitrogen and oxygen atoms in total. The summed E-state index contributed by atoms with van der Waals surface area (Å²) in [6, 6.07) is 7.12. The number of hydrogen-bond acceptors (Lipinski definition) is 2. The Labute approximate surface area is 122 Å². The fraction of sp³-hybridized carbons (Fsp3) is 0.647. The normalized spacial score (nSPS) is 27.2. The summed E-state index contributed by atoms with van der Waals surface area (Å²) in [6.07, 6.45) is 2.10. The van der Waals surface area contributed by atoms with Crippen LogP contribution in [0.15, 0.2) is 24.3 Å². The molecule has 0 aromatic heterocycles. The van der Waals surface area contributed by atoms with Crippen LogP contribution < -0.4 is 5.73 Å². The van der Waals surface area contributed by atoms with Crippen LogP contribution in [0.2, 0.25) is 0 Å². The van der Waals surface area contributed by atoms with Gasteiger partial charge in [-0.1, -0.05) is 32.9 Å². The number of piperidine rings is 1. The Morgan fingerprint density at radius 2 is 2.10 bits per heavy atom. The Morgan fingerprint density at radius 3 is 2.70 bits per heavy atom. The molecule has 0 spiro atoms. The summed E-state index contributed by atoms with van der Waals surface area (Å²) >= 11 is 0. The predicted molar refractivity (Wildman–Crippen MR) is 81.9 cm³/mol. The van der Waals surface area contributed by atoms with Gasteiger partial charge in [0.25, 0.3) is 0 Å². The van der Waals surface area contributed by atoms with E-state index in [2.05, 4.69) is 25.7 Å². The van der Waals surface area contributed by atoms with Gasteiger partial charge in [-0.25, -0.2) is 4.39 Å². The van der Waals surface area contributed by atoms with Crippen LogP contribution in [0.3, 0.4) is 0 Å². The Morgan fingerprint density at radius 1 is 1.35 bits per heavy atom. The fourth-order valence-corrected chi connectivity index (χ4v) is 3.19. The van der Waals surface area contributed by atoms with Crippen molar-refractivity contribution in [2.24, 2.45) is 17.6 Å². The van der Waals surface area contributed by atoms with E-state index >= 15 is 0 Å². The van der Waals surface area contributed by atoms with E-state index in [0.29, 0.717) is 5.92 Å². The van der Waals surface area contributed by atoms with Gasteiger partial charge in [0.2, 0.25) is 0 Å². The van der Waals surface area contributed by atoms with E-state index in [-0.39, 0.29) is 17.9 Å². The summed E-state index contributed by atoms with van der Waals surface area (Å²) in [5, 5.41) is 0. The van der Waals surface area contributed by atoms with E-state index in [9.17, 15) is 4.39 Å². The second-order valence-electron chi connectivity index (χ2n) is 6.31. The zero-order valence-corrected chi connectivity index (χ0v) is 12.8. The van der Waals surface area contributed by atoms with Crippen LogP contribution in [0.1, 0.15) is 45.2 Å². The van der Waals surface area contributed by atoms with Gasteiger partial charge < -0.3 is 5.73 Å². The molecule has 0 radical (unpaired) electrons. The Kier molecular flexibility index (Phi) is 5.17. The second-order valence-corrected chi connectivity index (χ2v) is 6.31. The Bertz CT molecular complexity index is 435. The summed E-state index contributed by atoms with van der Waals surface area (Å²) in [5.74, 6) is 1.26. The topological polar surface area (TPSA) is 29.3 Å². The maximum absolute atomic E-state index is 13.5. The number of nitrogens with two attached hydrogens (primary N) is 1. The lowest BCUT2D eigenvalue weighted by atomic mass is 9.85. The molecule has 4 unspecified atom stereocenters. The zero-order valence-electron chi connectivity index (χ0n) is 12.8. The lowest BCUT2D eigenvalue weighted by molar-refractivity contribution is 0.0815. The molecule has 4 atom stereocenters. The highest BCUT2D eigenvalue weighted by Crippen LogP contribution is 2.32. The molecule has 112 valence electrons. The summed E-state index contributed by atoms with van der Waals surface area (Å²) in [4.78, 5) is 2.45. The molecule has 0 saturated carbocycles. The van der Waals surface area contributed by atoms with Crippen molar-refractivity contribution >= 4 is 0 Å². The van der Waals surface area contributed by atoms with Crippen LogP contribution in [0.5, 0.6) is 0 Å². The molecular weight excluding hydrogens is 251 g/mol. The van der Waals surface area contributed by atoms with E-state index in [1.807, 2.05) is 6.07 Å². The predicted octanol–water partition coefficient (Wildman–Crippen LogP) is 3.58. The molecule has 0 bridgehead atoms. The SMILES string of the molecule is CCC(N)C(c1cccc(F)c1)N1CCC(C)C(C)C1. The van der Waals surface area contributed by atoms with Gasteiger partial charge >= 0.3 is 0 Å². The first-order chi connectivity index (χ1) is 9.52. The lowest BCUT2D eigenvalue weighted by Crippen LogP contribution is -2.47. The van der Waals surface area contributed by atoms with Gasteiger partial charge in [-0.05, 0) is 48.9 Å². The molecule has 1 heterocycles. The molecule has 0 aliphatic carbocycles. The molecule has 3 heteroatoms. The molecule has 0 amide bonds. The quantitative estimate of drug-likeness (QED) is 0.912. The molecule has 1 aliphatic rings. The third-order valence-electron chi connectivity index (χ3n) is 4.83. The number of likely N-dealkylation sites (tertiary alicyclic amines) is 1. The Hall–Kier alpha value is -0.930. The third kappa shape index (κ3) is 3.39. The van der Waals surface area contributed by atoms with Crippen molar-refractivity contribution in [1.82, 2.24) is 4.90 Å². The summed E-state index contributed by atoms with van der Waals surface area (Å²) in [5.41, 5.74) is 7.36. The summed E-state index contributed by atoms with van der Waals surface area (Å²) in [6.45, 7) is 8.83. The highest BCUT2D eigenvalue weighted by molar-refractivity contribution is 5.22. The second kappa shape index (κ2) is 6.68. The minimum Gasteiger partial charge on any atom is -0.326 e. The number of halogens is 1. The van der Waals surface area contributed by atoms with Crippen molar-refractivity contribution in [3.8, 4) is 0 Å².